The van der Waals surface area contributed by atoms with Crippen LogP contribution in [0.2, 0.25) is 0 Å². The summed E-state index contributed by atoms with van der Waals surface area (Å²) in [6, 6.07) is 9.41. The molecule has 1 aliphatic rings. The van der Waals surface area contributed by atoms with Crippen LogP contribution in [0.25, 0.3) is 11.3 Å². The average molecular weight is 342 g/mol. The van der Waals surface area contributed by atoms with Crippen molar-refractivity contribution in [1.29, 1.82) is 0 Å². The maximum Gasteiger partial charge on any atom is 0.307 e. The Morgan fingerprint density at radius 2 is 1.88 bits per heavy atom. The number of carbonyl (C=O) groups excluding carboxylic acids is 2. The lowest BCUT2D eigenvalue weighted by Crippen LogP contribution is -2.51. The summed E-state index contributed by atoms with van der Waals surface area (Å²) < 4.78 is 4.82. The number of methoxy groups -OCH3 is 1. The molecule has 1 heterocycles. The van der Waals surface area contributed by atoms with E-state index in [2.05, 4.69) is 20.7 Å². The first-order chi connectivity index (χ1) is 12.1. The van der Waals surface area contributed by atoms with Gasteiger partial charge in [-0.25, -0.2) is 0 Å². The summed E-state index contributed by atoms with van der Waals surface area (Å²) in [5.41, 5.74) is 0.977. The van der Waals surface area contributed by atoms with Gasteiger partial charge >= 0.3 is 5.97 Å². The van der Waals surface area contributed by atoms with Crippen molar-refractivity contribution in [2.75, 3.05) is 7.11 Å². The first-order valence-electron chi connectivity index (χ1n) is 8.49. The van der Waals surface area contributed by atoms with Gasteiger partial charge in [-0.05, 0) is 12.8 Å². The van der Waals surface area contributed by atoms with E-state index >= 15 is 0 Å². The van der Waals surface area contributed by atoms with Crippen molar-refractivity contribution in [2.24, 2.45) is 0 Å². The third-order valence-corrected chi connectivity index (χ3v) is 4.71. The number of amides is 1. The average Bonchev–Trinajstić information content (AvgIpc) is 3.13. The van der Waals surface area contributed by atoms with Gasteiger partial charge in [-0.15, -0.1) is 0 Å². The summed E-state index contributed by atoms with van der Waals surface area (Å²) in [7, 11) is 1.37. The van der Waals surface area contributed by atoms with Gasteiger partial charge in [0, 0.05) is 5.56 Å². The number of ether oxygens (including phenoxy) is 1. The van der Waals surface area contributed by atoms with Crippen molar-refractivity contribution >= 4 is 11.9 Å². The molecule has 0 unspecified atom stereocenters. The van der Waals surface area contributed by atoms with Gasteiger partial charge in [0.05, 0.1) is 19.1 Å². The van der Waals surface area contributed by atoms with Gasteiger partial charge in [0.1, 0.15) is 5.69 Å². The zero-order valence-corrected chi connectivity index (χ0v) is 14.2. The van der Waals surface area contributed by atoms with E-state index in [0.29, 0.717) is 5.69 Å². The number of rotatable bonds is 5. The van der Waals surface area contributed by atoms with Gasteiger partial charge in [-0.1, -0.05) is 49.6 Å². The third-order valence-electron chi connectivity index (χ3n) is 4.71. The summed E-state index contributed by atoms with van der Waals surface area (Å²) in [5, 5.41) is 13.7. The minimum absolute atomic E-state index is 0.174. The molecule has 1 aromatic heterocycles. The van der Waals surface area contributed by atoms with Crippen LogP contribution in [0.3, 0.4) is 0 Å². The Morgan fingerprint density at radius 1 is 1.16 bits per heavy atom. The van der Waals surface area contributed by atoms with Crippen LogP contribution in [-0.4, -0.2) is 39.9 Å². The highest BCUT2D eigenvalue weighted by atomic mass is 16.5. The molecular weight excluding hydrogens is 320 g/mol. The van der Waals surface area contributed by atoms with Crippen LogP contribution < -0.4 is 5.32 Å². The molecule has 1 aliphatic carbocycles. The summed E-state index contributed by atoms with van der Waals surface area (Å²) in [6.45, 7) is 0. The second-order valence-electron chi connectivity index (χ2n) is 6.43. The topological polar surface area (TPSA) is 97.0 Å². The molecule has 7 heteroatoms. The van der Waals surface area contributed by atoms with E-state index in [1.165, 1.54) is 7.11 Å². The molecule has 25 heavy (non-hydrogen) atoms. The van der Waals surface area contributed by atoms with E-state index < -0.39 is 5.54 Å². The SMILES string of the molecule is COC(=O)CC1(NC(=O)c2n[nH]nc2-c2ccccc2)CCCCC1. The Balaban J connectivity index is 1.83. The maximum atomic E-state index is 12.9. The lowest BCUT2D eigenvalue weighted by atomic mass is 9.79. The quantitative estimate of drug-likeness (QED) is 0.814. The van der Waals surface area contributed by atoms with E-state index in [4.69, 9.17) is 4.74 Å². The minimum atomic E-state index is -0.574. The Morgan fingerprint density at radius 3 is 2.56 bits per heavy atom. The number of benzene rings is 1. The summed E-state index contributed by atoms with van der Waals surface area (Å²) in [6.07, 6.45) is 4.74. The van der Waals surface area contributed by atoms with Gasteiger partial charge < -0.3 is 10.1 Å². The van der Waals surface area contributed by atoms with Crippen LogP contribution in [0.5, 0.6) is 0 Å². The second kappa shape index (κ2) is 7.46. The zero-order valence-electron chi connectivity index (χ0n) is 14.2. The fraction of sp³-hybridized carbons (Fsp3) is 0.444. The summed E-state index contributed by atoms with van der Waals surface area (Å²) in [4.78, 5) is 24.7. The van der Waals surface area contributed by atoms with E-state index in [0.717, 1.165) is 37.7 Å². The molecule has 0 atom stereocenters. The number of aromatic nitrogens is 3. The van der Waals surface area contributed by atoms with Gasteiger partial charge in [-0.3, -0.25) is 9.59 Å². The molecule has 3 rings (SSSR count). The highest BCUT2D eigenvalue weighted by molar-refractivity contribution is 5.98. The standard InChI is InChI=1S/C18H22N4O3/c1-25-14(23)12-18(10-6-3-7-11-18)19-17(24)16-15(20-22-21-16)13-8-4-2-5-9-13/h2,4-5,8-9H,3,6-7,10-12H2,1H3,(H,19,24)(H,20,21,22). The van der Waals surface area contributed by atoms with Crippen LogP contribution in [0.4, 0.5) is 0 Å². The van der Waals surface area contributed by atoms with Crippen LogP contribution >= 0.6 is 0 Å². The molecule has 0 spiro atoms. The smallest absolute Gasteiger partial charge is 0.307 e. The molecule has 7 nitrogen and oxygen atoms in total. The molecule has 132 valence electrons. The fourth-order valence-electron chi connectivity index (χ4n) is 3.41. The first kappa shape index (κ1) is 17.1. The molecule has 2 aromatic rings. The first-order valence-corrected chi connectivity index (χ1v) is 8.49. The molecule has 0 saturated heterocycles. The molecule has 1 fully saturated rings. The monoisotopic (exact) mass is 342 g/mol. The van der Waals surface area contributed by atoms with Crippen LogP contribution in [-0.2, 0) is 9.53 Å². The van der Waals surface area contributed by atoms with E-state index in [1.807, 2.05) is 30.3 Å². The van der Waals surface area contributed by atoms with Crippen molar-refractivity contribution in [2.45, 2.75) is 44.1 Å². The van der Waals surface area contributed by atoms with Crippen molar-refractivity contribution < 1.29 is 14.3 Å². The second-order valence-corrected chi connectivity index (χ2v) is 6.43. The van der Waals surface area contributed by atoms with E-state index in [1.54, 1.807) is 0 Å². The summed E-state index contributed by atoms with van der Waals surface area (Å²) >= 11 is 0. The number of esters is 1. The van der Waals surface area contributed by atoms with Gasteiger partial charge in [-0.2, -0.15) is 15.4 Å². The molecule has 1 saturated carbocycles. The highest BCUT2D eigenvalue weighted by Crippen LogP contribution is 2.32. The Bertz CT molecular complexity index is 736. The van der Waals surface area contributed by atoms with Crippen molar-refractivity contribution in [1.82, 2.24) is 20.7 Å². The number of hydrogen-bond acceptors (Lipinski definition) is 5. The molecule has 1 aromatic carbocycles. The molecule has 0 bridgehead atoms. The Kier molecular flexibility index (Phi) is 5.11. The molecular formula is C18H22N4O3. The third kappa shape index (κ3) is 3.87. The zero-order chi connectivity index (χ0) is 17.7. The number of nitrogens with zero attached hydrogens (tertiary/aromatic N) is 2. The fourth-order valence-corrected chi connectivity index (χ4v) is 3.41. The molecule has 2 N–H and O–H groups in total. The van der Waals surface area contributed by atoms with Crippen molar-refractivity contribution in [3.63, 3.8) is 0 Å². The lowest BCUT2D eigenvalue weighted by molar-refractivity contribution is -0.142. The van der Waals surface area contributed by atoms with E-state index in [-0.39, 0.29) is 24.0 Å². The predicted molar refractivity (Wildman–Crippen MR) is 91.7 cm³/mol. The maximum absolute atomic E-state index is 12.9. The molecule has 0 radical (unpaired) electrons. The van der Waals surface area contributed by atoms with Gasteiger partial charge in [0.25, 0.3) is 5.91 Å². The highest BCUT2D eigenvalue weighted by Gasteiger charge is 2.37. The Labute approximate surface area is 146 Å². The number of H-pyrrole nitrogens is 1. The summed E-state index contributed by atoms with van der Waals surface area (Å²) in [5.74, 6) is -0.635. The number of nitrogens with one attached hydrogen (secondary N) is 2. The van der Waals surface area contributed by atoms with Crippen LogP contribution in [0.1, 0.15) is 49.0 Å². The minimum Gasteiger partial charge on any atom is -0.469 e. The largest absolute Gasteiger partial charge is 0.469 e. The number of hydrogen-bond donors (Lipinski definition) is 2. The van der Waals surface area contributed by atoms with Crippen molar-refractivity contribution in [3.8, 4) is 11.3 Å². The lowest BCUT2D eigenvalue weighted by Gasteiger charge is -2.37. The van der Waals surface area contributed by atoms with E-state index in [9.17, 15) is 9.59 Å². The van der Waals surface area contributed by atoms with Gasteiger partial charge in [0.2, 0.25) is 0 Å². The van der Waals surface area contributed by atoms with Crippen LogP contribution in [0, 0.1) is 0 Å². The molecule has 1 amide bonds. The molecule has 0 aliphatic heterocycles. The van der Waals surface area contributed by atoms with Gasteiger partial charge in [0.15, 0.2) is 5.69 Å². The van der Waals surface area contributed by atoms with Crippen molar-refractivity contribution in [3.05, 3.63) is 36.0 Å². The van der Waals surface area contributed by atoms with Crippen LogP contribution in [0.15, 0.2) is 30.3 Å². The number of carbonyl (C=O) groups is 2. The predicted octanol–water partition coefficient (Wildman–Crippen LogP) is 2.47. The number of aromatic amines is 1. The Hall–Kier alpha value is -2.70. The normalized spacial score (nSPS) is 16.2.